The van der Waals surface area contributed by atoms with Gasteiger partial charge >= 0.3 is 6.03 Å². The van der Waals surface area contributed by atoms with Crippen LogP contribution >= 0.6 is 0 Å². The average molecular weight is 329 g/mol. The Balaban J connectivity index is 1.79. The van der Waals surface area contributed by atoms with E-state index >= 15 is 0 Å². The maximum Gasteiger partial charge on any atom is 0.344 e. The molecule has 1 saturated carbocycles. The summed E-state index contributed by atoms with van der Waals surface area (Å²) >= 11 is 0. The molecule has 2 aliphatic rings. The fourth-order valence-corrected chi connectivity index (χ4v) is 3.60. The summed E-state index contributed by atoms with van der Waals surface area (Å²) in [6, 6.07) is 8.57. The largest absolute Gasteiger partial charge is 0.344 e. The third-order valence-corrected chi connectivity index (χ3v) is 5.09. The van der Waals surface area contributed by atoms with E-state index in [1.807, 2.05) is 37.3 Å². The molecule has 4 amide bonds. The number of imide groups is 1. The fraction of sp³-hybridized carbons (Fsp3) is 0.500. The molecule has 2 fully saturated rings. The predicted molar refractivity (Wildman–Crippen MR) is 88.5 cm³/mol. The Kier molecular flexibility index (Phi) is 4.55. The Hall–Kier alpha value is -2.37. The summed E-state index contributed by atoms with van der Waals surface area (Å²) < 4.78 is 0. The number of carbonyl (C=O) groups excluding carboxylic acids is 3. The number of carbonyl (C=O) groups is 3. The van der Waals surface area contributed by atoms with Gasteiger partial charge < -0.3 is 5.32 Å². The fourth-order valence-electron chi connectivity index (χ4n) is 3.60. The van der Waals surface area contributed by atoms with E-state index in [2.05, 4.69) is 10.7 Å². The van der Waals surface area contributed by atoms with E-state index in [0.29, 0.717) is 6.42 Å². The zero-order valence-corrected chi connectivity index (χ0v) is 13.9. The van der Waals surface area contributed by atoms with E-state index in [-0.39, 0.29) is 11.8 Å². The molecular formula is C18H23N3O3. The van der Waals surface area contributed by atoms with Gasteiger partial charge in [0.25, 0.3) is 5.91 Å². The maximum absolute atomic E-state index is 12.9. The summed E-state index contributed by atoms with van der Waals surface area (Å²) in [5.41, 5.74) is 2.15. The van der Waals surface area contributed by atoms with E-state index in [1.54, 1.807) is 0 Å². The second-order valence-corrected chi connectivity index (χ2v) is 6.51. The Morgan fingerprint density at radius 1 is 1.21 bits per heavy atom. The van der Waals surface area contributed by atoms with Crippen molar-refractivity contribution in [2.75, 3.05) is 0 Å². The van der Waals surface area contributed by atoms with E-state index in [4.69, 9.17) is 0 Å². The highest BCUT2D eigenvalue weighted by Crippen LogP contribution is 2.32. The first kappa shape index (κ1) is 16.5. The molecule has 1 aliphatic carbocycles. The molecule has 0 unspecified atom stereocenters. The average Bonchev–Trinajstić information content (AvgIpc) is 2.88. The van der Waals surface area contributed by atoms with E-state index in [9.17, 15) is 14.4 Å². The smallest absolute Gasteiger partial charge is 0.318 e. The van der Waals surface area contributed by atoms with Crippen molar-refractivity contribution in [3.8, 4) is 0 Å². The summed E-state index contributed by atoms with van der Waals surface area (Å²) in [7, 11) is 0. The number of hydrazine groups is 1. The van der Waals surface area contributed by atoms with Gasteiger partial charge in [-0.05, 0) is 24.8 Å². The maximum atomic E-state index is 12.9. The van der Waals surface area contributed by atoms with Crippen molar-refractivity contribution in [1.82, 2.24) is 15.8 Å². The highest BCUT2D eigenvalue weighted by Gasteiger charge is 2.52. The van der Waals surface area contributed by atoms with Crippen LogP contribution in [0.3, 0.4) is 0 Å². The third kappa shape index (κ3) is 2.77. The number of nitrogens with zero attached hydrogens (tertiary/aromatic N) is 1. The molecule has 1 heterocycles. The zero-order chi connectivity index (χ0) is 17.2. The highest BCUT2D eigenvalue weighted by molar-refractivity contribution is 6.08. The predicted octanol–water partition coefficient (Wildman–Crippen LogP) is 2.46. The van der Waals surface area contributed by atoms with Gasteiger partial charge in [-0.15, -0.1) is 0 Å². The molecule has 0 aromatic heterocycles. The number of rotatable bonds is 4. The van der Waals surface area contributed by atoms with Gasteiger partial charge in [0.2, 0.25) is 5.91 Å². The second-order valence-electron chi connectivity index (χ2n) is 6.51. The van der Waals surface area contributed by atoms with Crippen molar-refractivity contribution < 1.29 is 14.4 Å². The van der Waals surface area contributed by atoms with Crippen LogP contribution in [0.25, 0.3) is 0 Å². The third-order valence-electron chi connectivity index (χ3n) is 5.09. The van der Waals surface area contributed by atoms with Gasteiger partial charge in [-0.1, -0.05) is 56.5 Å². The molecule has 0 radical (unpaired) electrons. The molecule has 1 aliphatic heterocycles. The molecule has 24 heavy (non-hydrogen) atoms. The molecule has 6 nitrogen and oxygen atoms in total. The topological polar surface area (TPSA) is 78.5 Å². The molecule has 0 bridgehead atoms. The van der Waals surface area contributed by atoms with E-state index in [0.717, 1.165) is 42.7 Å². The molecule has 2 N–H and O–H groups in total. The van der Waals surface area contributed by atoms with Crippen molar-refractivity contribution >= 4 is 17.8 Å². The number of hydrogen-bond acceptors (Lipinski definition) is 3. The Morgan fingerprint density at radius 3 is 2.50 bits per heavy atom. The van der Waals surface area contributed by atoms with Crippen molar-refractivity contribution in [2.45, 2.75) is 51.0 Å². The van der Waals surface area contributed by atoms with Crippen LogP contribution in [0.15, 0.2) is 30.3 Å². The number of nitrogens with one attached hydrogen (secondary N) is 2. The summed E-state index contributed by atoms with van der Waals surface area (Å²) in [5, 5.41) is 3.62. The van der Waals surface area contributed by atoms with Crippen LogP contribution in [0, 0.1) is 5.92 Å². The van der Waals surface area contributed by atoms with Crippen molar-refractivity contribution in [3.05, 3.63) is 35.9 Å². The second kappa shape index (κ2) is 6.63. The van der Waals surface area contributed by atoms with Gasteiger partial charge in [0.15, 0.2) is 0 Å². The quantitative estimate of drug-likeness (QED) is 0.833. The summed E-state index contributed by atoms with van der Waals surface area (Å²) in [6.07, 6.45) is 5.21. The van der Waals surface area contributed by atoms with Crippen molar-refractivity contribution in [3.63, 3.8) is 0 Å². The lowest BCUT2D eigenvalue weighted by Gasteiger charge is -2.26. The van der Waals surface area contributed by atoms with Crippen molar-refractivity contribution in [1.29, 1.82) is 0 Å². The Morgan fingerprint density at radius 2 is 1.88 bits per heavy atom. The molecule has 0 spiro atoms. The number of hydrogen-bond donors (Lipinski definition) is 2. The standard InChI is InChI=1S/C18H23N3O3/c1-2-18(14-11-7-4-8-12-14)16(23)21(17(24)19-18)20-15(22)13-9-5-3-6-10-13/h4,7-8,11-13H,2-3,5-6,9-10H2,1H3,(H,19,24)(H,20,22)/t18-/m1/s1. The Bertz CT molecular complexity index is 640. The van der Waals surface area contributed by atoms with E-state index in [1.165, 1.54) is 0 Å². The molecule has 6 heteroatoms. The van der Waals surface area contributed by atoms with Crippen LogP contribution in [0.2, 0.25) is 0 Å². The number of urea groups is 1. The van der Waals surface area contributed by atoms with Crippen LogP contribution in [0.1, 0.15) is 51.0 Å². The number of benzene rings is 1. The summed E-state index contributed by atoms with van der Waals surface area (Å²) in [6.45, 7) is 1.84. The van der Waals surface area contributed by atoms with Crippen LogP contribution in [0.5, 0.6) is 0 Å². The normalized spacial score (nSPS) is 24.8. The molecule has 1 atom stereocenters. The van der Waals surface area contributed by atoms with Gasteiger partial charge in [-0.2, -0.15) is 5.01 Å². The van der Waals surface area contributed by atoms with Gasteiger partial charge in [-0.3, -0.25) is 15.0 Å². The van der Waals surface area contributed by atoms with Crippen LogP contribution in [-0.2, 0) is 15.1 Å². The highest BCUT2D eigenvalue weighted by atomic mass is 16.2. The first-order valence-corrected chi connectivity index (χ1v) is 8.61. The zero-order valence-electron chi connectivity index (χ0n) is 13.9. The molecule has 1 aromatic carbocycles. The van der Waals surface area contributed by atoms with Gasteiger partial charge in [0, 0.05) is 5.92 Å². The summed E-state index contributed by atoms with van der Waals surface area (Å²) in [4.78, 5) is 37.6. The van der Waals surface area contributed by atoms with Gasteiger partial charge in [0.1, 0.15) is 5.54 Å². The lowest BCUT2D eigenvalue weighted by molar-refractivity contribution is -0.141. The lowest BCUT2D eigenvalue weighted by atomic mass is 9.87. The molecule has 1 aromatic rings. The molecular weight excluding hydrogens is 306 g/mol. The minimum Gasteiger partial charge on any atom is -0.318 e. The summed E-state index contributed by atoms with van der Waals surface area (Å²) in [5.74, 6) is -0.781. The van der Waals surface area contributed by atoms with Gasteiger partial charge in [-0.25, -0.2) is 4.79 Å². The van der Waals surface area contributed by atoms with Crippen LogP contribution in [-0.4, -0.2) is 22.9 Å². The molecule has 3 rings (SSSR count). The first-order valence-electron chi connectivity index (χ1n) is 8.61. The molecule has 1 saturated heterocycles. The molecule has 128 valence electrons. The van der Waals surface area contributed by atoms with Crippen LogP contribution in [0.4, 0.5) is 4.79 Å². The Labute approximate surface area is 141 Å². The minimum absolute atomic E-state index is 0.118. The first-order chi connectivity index (χ1) is 11.6. The van der Waals surface area contributed by atoms with E-state index < -0.39 is 17.5 Å². The van der Waals surface area contributed by atoms with Crippen molar-refractivity contribution in [2.24, 2.45) is 5.92 Å². The minimum atomic E-state index is -1.11. The number of amides is 4. The lowest BCUT2D eigenvalue weighted by Crippen LogP contribution is -2.50. The monoisotopic (exact) mass is 329 g/mol. The van der Waals surface area contributed by atoms with Gasteiger partial charge in [0.05, 0.1) is 0 Å². The van der Waals surface area contributed by atoms with Crippen LogP contribution < -0.4 is 10.7 Å². The SMILES string of the molecule is CC[C@]1(c2ccccc2)NC(=O)N(NC(=O)C2CCCCC2)C1=O.